The quantitative estimate of drug-likeness (QED) is 0.799. The summed E-state index contributed by atoms with van der Waals surface area (Å²) in [6.07, 6.45) is 0.639. The molecule has 1 N–H and O–H groups in total. The van der Waals surface area contributed by atoms with Crippen LogP contribution in [0.2, 0.25) is 0 Å². The van der Waals surface area contributed by atoms with E-state index in [1.807, 2.05) is 0 Å². The van der Waals surface area contributed by atoms with E-state index < -0.39 is 0 Å². The zero-order valence-electron chi connectivity index (χ0n) is 11.4. The van der Waals surface area contributed by atoms with Gasteiger partial charge in [-0.15, -0.1) is 0 Å². The van der Waals surface area contributed by atoms with Crippen molar-refractivity contribution >= 4 is 17.3 Å². The number of aromatic hydroxyl groups is 1. The van der Waals surface area contributed by atoms with Crippen LogP contribution in [-0.2, 0) is 0 Å². The molecule has 4 nitrogen and oxygen atoms in total. The highest BCUT2D eigenvalue weighted by Gasteiger charge is 2.23. The molecule has 0 aliphatic heterocycles. The fourth-order valence-corrected chi connectivity index (χ4v) is 1.89. The topological polar surface area (TPSA) is 71.4 Å². The Balaban J connectivity index is 3.53. The van der Waals surface area contributed by atoms with E-state index >= 15 is 0 Å². The van der Waals surface area contributed by atoms with E-state index in [0.717, 1.165) is 0 Å². The summed E-state index contributed by atoms with van der Waals surface area (Å²) in [4.78, 5) is 35.4. The lowest BCUT2D eigenvalue weighted by atomic mass is 9.92. The Morgan fingerprint density at radius 3 is 1.74 bits per heavy atom. The first-order valence-corrected chi connectivity index (χ1v) is 6.43. The molecule has 0 aromatic heterocycles. The van der Waals surface area contributed by atoms with Crippen LogP contribution in [0, 0.1) is 0 Å². The molecule has 0 aliphatic rings. The van der Waals surface area contributed by atoms with Crippen LogP contribution in [0.5, 0.6) is 5.75 Å². The van der Waals surface area contributed by atoms with Gasteiger partial charge in [0.15, 0.2) is 17.3 Å². The van der Waals surface area contributed by atoms with Crippen LogP contribution in [0.3, 0.4) is 0 Å². The molecule has 0 aliphatic carbocycles. The summed E-state index contributed by atoms with van der Waals surface area (Å²) in [7, 11) is 0. The van der Waals surface area contributed by atoms with E-state index in [1.54, 1.807) is 20.8 Å². The highest BCUT2D eigenvalue weighted by molar-refractivity contribution is 6.13. The molecule has 0 amide bonds. The number of rotatable bonds is 6. The fourth-order valence-electron chi connectivity index (χ4n) is 1.89. The lowest BCUT2D eigenvalue weighted by Gasteiger charge is -2.11. The third kappa shape index (κ3) is 2.89. The minimum absolute atomic E-state index is 0.0198. The molecule has 19 heavy (non-hydrogen) atoms. The average Bonchev–Trinajstić information content (AvgIpc) is 2.44. The van der Waals surface area contributed by atoms with Gasteiger partial charge in [0.1, 0.15) is 5.75 Å². The second kappa shape index (κ2) is 6.27. The van der Waals surface area contributed by atoms with Crippen molar-refractivity contribution < 1.29 is 19.5 Å². The molecular weight excluding hydrogens is 244 g/mol. The van der Waals surface area contributed by atoms with Gasteiger partial charge in [0, 0.05) is 24.8 Å². The predicted molar refractivity (Wildman–Crippen MR) is 72.0 cm³/mol. The zero-order chi connectivity index (χ0) is 14.6. The number of hydrogen-bond acceptors (Lipinski definition) is 4. The maximum absolute atomic E-state index is 11.9. The molecule has 4 heteroatoms. The number of carbonyl (C=O) groups is 3. The minimum atomic E-state index is -0.363. The molecule has 0 atom stereocenters. The second-order valence-electron chi connectivity index (χ2n) is 4.21. The van der Waals surface area contributed by atoms with E-state index in [0.29, 0.717) is 0 Å². The Bertz CT molecular complexity index is 529. The highest BCUT2D eigenvalue weighted by Crippen LogP contribution is 2.29. The minimum Gasteiger partial charge on any atom is -0.506 e. The Kier molecular flexibility index (Phi) is 4.98. The Labute approximate surface area is 112 Å². The van der Waals surface area contributed by atoms with Crippen molar-refractivity contribution in [2.75, 3.05) is 0 Å². The van der Waals surface area contributed by atoms with Crippen molar-refractivity contribution in [2.45, 2.75) is 40.0 Å². The third-order valence-corrected chi connectivity index (χ3v) is 3.02. The predicted octanol–water partition coefficient (Wildman–Crippen LogP) is 3.17. The van der Waals surface area contributed by atoms with Gasteiger partial charge < -0.3 is 5.11 Å². The van der Waals surface area contributed by atoms with Crippen molar-refractivity contribution in [3.63, 3.8) is 0 Å². The molecule has 0 saturated heterocycles. The Hall–Kier alpha value is -1.97. The lowest BCUT2D eigenvalue weighted by Crippen LogP contribution is -2.11. The zero-order valence-corrected chi connectivity index (χ0v) is 11.4. The fraction of sp³-hybridized carbons (Fsp3) is 0.400. The van der Waals surface area contributed by atoms with Gasteiger partial charge in [-0.2, -0.15) is 0 Å². The van der Waals surface area contributed by atoms with Gasteiger partial charge in [-0.25, -0.2) is 0 Å². The van der Waals surface area contributed by atoms with E-state index in [4.69, 9.17) is 0 Å². The molecule has 0 unspecified atom stereocenters. The van der Waals surface area contributed by atoms with Crippen LogP contribution >= 0.6 is 0 Å². The summed E-state index contributed by atoms with van der Waals surface area (Å²) in [6.45, 7) is 5.01. The largest absolute Gasteiger partial charge is 0.506 e. The maximum Gasteiger partial charge on any atom is 0.167 e. The lowest BCUT2D eigenvalue weighted by molar-refractivity contribution is 0.0950. The van der Waals surface area contributed by atoms with Crippen LogP contribution < -0.4 is 0 Å². The molecule has 0 bridgehead atoms. The molecule has 102 valence electrons. The highest BCUT2D eigenvalue weighted by atomic mass is 16.3. The van der Waals surface area contributed by atoms with E-state index in [2.05, 4.69) is 0 Å². The summed E-state index contributed by atoms with van der Waals surface area (Å²) in [5.41, 5.74) is 0.278. The Morgan fingerprint density at radius 2 is 1.26 bits per heavy atom. The van der Waals surface area contributed by atoms with Crippen LogP contribution in [-0.4, -0.2) is 22.5 Å². The first-order chi connectivity index (χ1) is 8.97. The Morgan fingerprint density at radius 1 is 0.842 bits per heavy atom. The summed E-state index contributed by atoms with van der Waals surface area (Å²) in [5, 5.41) is 10.1. The van der Waals surface area contributed by atoms with E-state index in [-0.39, 0.29) is 59.1 Å². The van der Waals surface area contributed by atoms with Gasteiger partial charge in [0.25, 0.3) is 0 Å². The number of benzene rings is 1. The second-order valence-corrected chi connectivity index (χ2v) is 4.21. The molecule has 0 heterocycles. The number of hydrogen-bond donors (Lipinski definition) is 1. The molecule has 0 spiro atoms. The molecule has 0 radical (unpaired) electrons. The van der Waals surface area contributed by atoms with E-state index in [9.17, 15) is 19.5 Å². The summed E-state index contributed by atoms with van der Waals surface area (Å²) >= 11 is 0. The van der Waals surface area contributed by atoms with Gasteiger partial charge >= 0.3 is 0 Å². The van der Waals surface area contributed by atoms with Crippen molar-refractivity contribution in [3.05, 3.63) is 28.8 Å². The number of phenolic OH excluding ortho intramolecular Hbond substituents is 1. The van der Waals surface area contributed by atoms with Crippen molar-refractivity contribution in [2.24, 2.45) is 0 Å². The number of phenols is 1. The average molecular weight is 262 g/mol. The van der Waals surface area contributed by atoms with Gasteiger partial charge in [-0.05, 0) is 12.1 Å². The van der Waals surface area contributed by atoms with Gasteiger partial charge in [-0.1, -0.05) is 20.8 Å². The van der Waals surface area contributed by atoms with E-state index in [1.165, 1.54) is 12.1 Å². The van der Waals surface area contributed by atoms with Crippen molar-refractivity contribution in [1.29, 1.82) is 0 Å². The molecular formula is C15H18O4. The van der Waals surface area contributed by atoms with Crippen LogP contribution in [0.4, 0.5) is 0 Å². The molecule has 0 saturated carbocycles. The molecule has 1 rings (SSSR count). The van der Waals surface area contributed by atoms with Gasteiger partial charge in [-0.3, -0.25) is 14.4 Å². The van der Waals surface area contributed by atoms with Gasteiger partial charge in [0.05, 0.1) is 11.1 Å². The van der Waals surface area contributed by atoms with Gasteiger partial charge in [0.2, 0.25) is 0 Å². The van der Waals surface area contributed by atoms with Crippen molar-refractivity contribution in [1.82, 2.24) is 0 Å². The van der Waals surface area contributed by atoms with Crippen LogP contribution in [0.15, 0.2) is 12.1 Å². The van der Waals surface area contributed by atoms with Crippen LogP contribution in [0.25, 0.3) is 0 Å². The smallest absolute Gasteiger partial charge is 0.167 e. The molecule has 1 aromatic rings. The molecule has 0 fully saturated rings. The SMILES string of the molecule is CCC(=O)c1ccc(C(=O)CC)c(C(=O)CC)c1O. The first-order valence-electron chi connectivity index (χ1n) is 6.43. The van der Waals surface area contributed by atoms with Crippen molar-refractivity contribution in [3.8, 4) is 5.75 Å². The monoisotopic (exact) mass is 262 g/mol. The van der Waals surface area contributed by atoms with Crippen LogP contribution in [0.1, 0.15) is 71.1 Å². The normalized spacial score (nSPS) is 10.3. The number of ketones is 3. The maximum atomic E-state index is 11.9. The standard InChI is InChI=1S/C15H18O4/c1-4-11(16)9-7-8-10(12(17)5-2)15(19)14(9)13(18)6-3/h7-8,19H,4-6H2,1-3H3. The summed E-state index contributed by atoms with van der Waals surface area (Å²) < 4.78 is 0. The number of carbonyl (C=O) groups excluding carboxylic acids is 3. The molecule has 1 aromatic carbocycles. The summed E-state index contributed by atoms with van der Waals surface area (Å²) in [6, 6.07) is 2.87. The first kappa shape index (κ1) is 15.1. The third-order valence-electron chi connectivity index (χ3n) is 3.02. The summed E-state index contributed by atoms with van der Waals surface area (Å²) in [5.74, 6) is -1.17. The number of Topliss-reactive ketones (excluding diaryl/α,β-unsaturated/α-hetero) is 3.